The van der Waals surface area contributed by atoms with E-state index in [0.717, 1.165) is 36.5 Å². The van der Waals surface area contributed by atoms with Gasteiger partial charge in [-0.05, 0) is 44.1 Å². The highest BCUT2D eigenvalue weighted by molar-refractivity contribution is 7.18. The van der Waals surface area contributed by atoms with Gasteiger partial charge >= 0.3 is 0 Å². The molecule has 6 heteroatoms. The molecule has 1 amide bonds. The number of amides is 1. The second-order valence-electron chi connectivity index (χ2n) is 6.63. The first-order valence-electron chi connectivity index (χ1n) is 8.53. The number of thiophene rings is 1. The number of hydrogen-bond donors (Lipinski definition) is 1. The molecule has 1 saturated heterocycles. The van der Waals surface area contributed by atoms with Crippen molar-refractivity contribution in [2.75, 3.05) is 18.0 Å². The summed E-state index contributed by atoms with van der Waals surface area (Å²) < 4.78 is 0. The van der Waals surface area contributed by atoms with Crippen molar-refractivity contribution in [1.82, 2.24) is 9.97 Å². The van der Waals surface area contributed by atoms with Crippen molar-refractivity contribution in [2.24, 2.45) is 11.7 Å². The predicted octanol–water partition coefficient (Wildman–Crippen LogP) is 2.66. The van der Waals surface area contributed by atoms with Gasteiger partial charge in [-0.15, -0.1) is 11.3 Å². The average molecular weight is 330 g/mol. The normalized spacial score (nSPS) is 21.9. The summed E-state index contributed by atoms with van der Waals surface area (Å²) in [6.07, 6.45) is 9.67. The van der Waals surface area contributed by atoms with E-state index in [9.17, 15) is 4.79 Å². The van der Waals surface area contributed by atoms with Crippen molar-refractivity contribution < 1.29 is 4.79 Å². The molecule has 2 N–H and O–H groups in total. The molecule has 1 fully saturated rings. The number of piperidine rings is 1. The highest BCUT2D eigenvalue weighted by Crippen LogP contribution is 2.39. The SMILES string of the molecule is NC(=O)C1CCCN(c2ncnc3sc4c(c23)CCCCC4)C1. The van der Waals surface area contributed by atoms with Crippen LogP contribution >= 0.6 is 11.3 Å². The quantitative estimate of drug-likeness (QED) is 0.859. The van der Waals surface area contributed by atoms with E-state index in [1.54, 1.807) is 6.33 Å². The minimum absolute atomic E-state index is 0.0639. The molecule has 23 heavy (non-hydrogen) atoms. The van der Waals surface area contributed by atoms with Crippen LogP contribution in [0.4, 0.5) is 5.82 Å². The summed E-state index contributed by atoms with van der Waals surface area (Å²) in [6.45, 7) is 1.63. The van der Waals surface area contributed by atoms with Crippen molar-refractivity contribution in [3.05, 3.63) is 16.8 Å². The number of fused-ring (bicyclic) bond motifs is 3. The van der Waals surface area contributed by atoms with Crippen molar-refractivity contribution in [1.29, 1.82) is 0 Å². The number of rotatable bonds is 2. The van der Waals surface area contributed by atoms with Crippen LogP contribution in [-0.4, -0.2) is 29.0 Å². The number of carbonyl (C=O) groups excluding carboxylic acids is 1. The largest absolute Gasteiger partial charge is 0.369 e. The Morgan fingerprint density at radius 3 is 2.96 bits per heavy atom. The number of aromatic nitrogens is 2. The Balaban J connectivity index is 1.77. The summed E-state index contributed by atoms with van der Waals surface area (Å²) >= 11 is 1.83. The summed E-state index contributed by atoms with van der Waals surface area (Å²) in [5.74, 6) is 0.760. The van der Waals surface area contributed by atoms with E-state index in [1.165, 1.54) is 41.5 Å². The van der Waals surface area contributed by atoms with E-state index in [0.29, 0.717) is 6.54 Å². The molecule has 4 rings (SSSR count). The van der Waals surface area contributed by atoms with E-state index < -0.39 is 0 Å². The summed E-state index contributed by atoms with van der Waals surface area (Å²) in [6, 6.07) is 0. The second kappa shape index (κ2) is 6.07. The molecule has 1 unspecified atom stereocenters. The maximum atomic E-state index is 11.6. The maximum Gasteiger partial charge on any atom is 0.222 e. The summed E-state index contributed by atoms with van der Waals surface area (Å²) in [5.41, 5.74) is 6.99. The molecule has 0 aromatic carbocycles. The van der Waals surface area contributed by atoms with Gasteiger partial charge in [-0.25, -0.2) is 9.97 Å². The Hall–Kier alpha value is -1.69. The van der Waals surface area contributed by atoms with Crippen molar-refractivity contribution in [3.63, 3.8) is 0 Å². The number of aryl methyl sites for hydroxylation is 2. The lowest BCUT2D eigenvalue weighted by Gasteiger charge is -2.32. The summed E-state index contributed by atoms with van der Waals surface area (Å²) in [7, 11) is 0. The van der Waals surface area contributed by atoms with Gasteiger partial charge in [0, 0.05) is 18.0 Å². The second-order valence-corrected chi connectivity index (χ2v) is 7.71. The molecule has 2 aliphatic rings. The van der Waals surface area contributed by atoms with E-state index in [1.807, 2.05) is 11.3 Å². The van der Waals surface area contributed by atoms with Gasteiger partial charge in [-0.3, -0.25) is 4.79 Å². The third-order valence-corrected chi connectivity index (χ3v) is 6.30. The number of nitrogens with two attached hydrogens (primary N) is 1. The Morgan fingerprint density at radius 2 is 2.09 bits per heavy atom. The number of nitrogens with zero attached hydrogens (tertiary/aromatic N) is 3. The molecule has 0 saturated carbocycles. The fourth-order valence-electron chi connectivity index (χ4n) is 3.89. The standard InChI is InChI=1S/C17H22N4OS/c18-15(22)11-5-4-8-21(9-11)16-14-12-6-2-1-3-7-13(12)23-17(14)20-10-19-16/h10-11H,1-9H2,(H2,18,22). The Kier molecular flexibility index (Phi) is 3.93. The van der Waals surface area contributed by atoms with Gasteiger partial charge in [0.25, 0.3) is 0 Å². The van der Waals surface area contributed by atoms with Crippen molar-refractivity contribution in [2.45, 2.75) is 44.9 Å². The van der Waals surface area contributed by atoms with Crippen LogP contribution < -0.4 is 10.6 Å². The van der Waals surface area contributed by atoms with Crippen LogP contribution in [0.5, 0.6) is 0 Å². The zero-order valence-corrected chi connectivity index (χ0v) is 14.1. The van der Waals surface area contributed by atoms with Crippen LogP contribution in [0.2, 0.25) is 0 Å². The third-order valence-electron chi connectivity index (χ3n) is 5.10. The van der Waals surface area contributed by atoms with Gasteiger partial charge in [0.05, 0.1) is 11.3 Å². The molecule has 1 aliphatic heterocycles. The van der Waals surface area contributed by atoms with Gasteiger partial charge in [-0.1, -0.05) is 6.42 Å². The van der Waals surface area contributed by atoms with Crippen LogP contribution in [-0.2, 0) is 17.6 Å². The molecule has 0 bridgehead atoms. The third kappa shape index (κ3) is 2.69. The number of anilines is 1. The van der Waals surface area contributed by atoms with Gasteiger partial charge in [-0.2, -0.15) is 0 Å². The molecule has 0 spiro atoms. The average Bonchev–Trinajstić information content (AvgIpc) is 2.76. The highest BCUT2D eigenvalue weighted by Gasteiger charge is 2.28. The van der Waals surface area contributed by atoms with Crippen LogP contribution in [0, 0.1) is 5.92 Å². The van der Waals surface area contributed by atoms with Crippen LogP contribution in [0.25, 0.3) is 10.2 Å². The molecule has 1 atom stereocenters. The van der Waals surface area contributed by atoms with Crippen LogP contribution in [0.3, 0.4) is 0 Å². The lowest BCUT2D eigenvalue weighted by Crippen LogP contribution is -2.41. The smallest absolute Gasteiger partial charge is 0.222 e. The molecule has 0 radical (unpaired) electrons. The number of hydrogen-bond acceptors (Lipinski definition) is 5. The molecule has 122 valence electrons. The number of carbonyl (C=O) groups is 1. The molecule has 2 aromatic rings. The van der Waals surface area contributed by atoms with Crippen LogP contribution in [0.15, 0.2) is 6.33 Å². The monoisotopic (exact) mass is 330 g/mol. The van der Waals surface area contributed by atoms with Crippen molar-refractivity contribution in [3.8, 4) is 0 Å². The predicted molar refractivity (Wildman–Crippen MR) is 92.8 cm³/mol. The molecular formula is C17H22N4OS. The van der Waals surface area contributed by atoms with E-state index >= 15 is 0 Å². The molecule has 1 aliphatic carbocycles. The minimum Gasteiger partial charge on any atom is -0.369 e. The first-order valence-corrected chi connectivity index (χ1v) is 9.35. The topological polar surface area (TPSA) is 72.1 Å². The zero-order chi connectivity index (χ0) is 15.8. The zero-order valence-electron chi connectivity index (χ0n) is 13.3. The van der Waals surface area contributed by atoms with E-state index in [2.05, 4.69) is 14.9 Å². The fraction of sp³-hybridized carbons (Fsp3) is 0.588. The van der Waals surface area contributed by atoms with Gasteiger partial charge in [0.1, 0.15) is 17.0 Å². The maximum absolute atomic E-state index is 11.6. The highest BCUT2D eigenvalue weighted by atomic mass is 32.1. The molecule has 5 nitrogen and oxygen atoms in total. The minimum atomic E-state index is -0.191. The summed E-state index contributed by atoms with van der Waals surface area (Å²) in [4.78, 5) is 25.5. The lowest BCUT2D eigenvalue weighted by atomic mass is 9.97. The lowest BCUT2D eigenvalue weighted by molar-refractivity contribution is -0.122. The van der Waals surface area contributed by atoms with Gasteiger partial charge in [0.15, 0.2) is 0 Å². The summed E-state index contributed by atoms with van der Waals surface area (Å²) in [5, 5.41) is 1.24. The molecular weight excluding hydrogens is 308 g/mol. The number of primary amides is 1. The molecule has 2 aromatic heterocycles. The van der Waals surface area contributed by atoms with Gasteiger partial charge in [0.2, 0.25) is 5.91 Å². The van der Waals surface area contributed by atoms with Crippen molar-refractivity contribution >= 4 is 33.3 Å². The molecule has 3 heterocycles. The van der Waals surface area contributed by atoms with Gasteiger partial charge < -0.3 is 10.6 Å². The fourth-order valence-corrected chi connectivity index (χ4v) is 5.12. The first-order chi connectivity index (χ1) is 11.2. The first kappa shape index (κ1) is 14.9. The Labute approximate surface area is 139 Å². The Bertz CT molecular complexity index is 742. The van der Waals surface area contributed by atoms with E-state index in [4.69, 9.17) is 5.73 Å². The van der Waals surface area contributed by atoms with Crippen LogP contribution in [0.1, 0.15) is 42.5 Å². The Morgan fingerprint density at radius 1 is 1.22 bits per heavy atom. The van der Waals surface area contributed by atoms with E-state index in [-0.39, 0.29) is 11.8 Å².